The largest absolute Gasteiger partial charge is 0.352 e. The van der Waals surface area contributed by atoms with Crippen molar-refractivity contribution in [3.63, 3.8) is 0 Å². The molecule has 0 aliphatic carbocycles. The molecule has 2 unspecified atom stereocenters. The molecular weight excluding hydrogens is 254 g/mol. The Kier molecular flexibility index (Phi) is 4.74. The van der Waals surface area contributed by atoms with E-state index in [0.29, 0.717) is 19.5 Å². The second kappa shape index (κ2) is 6.52. The summed E-state index contributed by atoms with van der Waals surface area (Å²) in [5.41, 5.74) is 7.06. The van der Waals surface area contributed by atoms with E-state index in [1.807, 2.05) is 30.3 Å². The molecule has 1 fully saturated rings. The average molecular weight is 275 g/mol. The van der Waals surface area contributed by atoms with Gasteiger partial charge in [-0.3, -0.25) is 9.59 Å². The monoisotopic (exact) mass is 275 g/mol. The molecule has 3 N–H and O–H groups in total. The number of carbonyl (C=O) groups excluding carboxylic acids is 2. The molecule has 5 nitrogen and oxygen atoms in total. The highest BCUT2D eigenvalue weighted by atomic mass is 16.2. The summed E-state index contributed by atoms with van der Waals surface area (Å²) in [7, 11) is 0. The highest BCUT2D eigenvalue weighted by molar-refractivity contribution is 5.82. The van der Waals surface area contributed by atoms with Gasteiger partial charge in [-0.25, -0.2) is 0 Å². The zero-order chi connectivity index (χ0) is 14.5. The second-order valence-corrected chi connectivity index (χ2v) is 5.27. The van der Waals surface area contributed by atoms with Crippen molar-refractivity contribution in [2.24, 2.45) is 5.73 Å². The molecule has 2 rings (SSSR count). The van der Waals surface area contributed by atoms with Crippen molar-refractivity contribution in [3.8, 4) is 0 Å². The Morgan fingerprint density at radius 3 is 2.75 bits per heavy atom. The van der Waals surface area contributed by atoms with Crippen LogP contribution in [0.3, 0.4) is 0 Å². The molecular formula is C15H21N3O2. The summed E-state index contributed by atoms with van der Waals surface area (Å²) < 4.78 is 0. The summed E-state index contributed by atoms with van der Waals surface area (Å²) in [5.74, 6) is -0.0976. The number of likely N-dealkylation sites (tertiary alicyclic amines) is 1. The van der Waals surface area contributed by atoms with Crippen LogP contribution < -0.4 is 11.1 Å². The van der Waals surface area contributed by atoms with Crippen LogP contribution >= 0.6 is 0 Å². The van der Waals surface area contributed by atoms with Gasteiger partial charge in [-0.15, -0.1) is 0 Å². The maximum absolute atomic E-state index is 12.3. The first kappa shape index (κ1) is 14.5. The van der Waals surface area contributed by atoms with Gasteiger partial charge in [-0.2, -0.15) is 0 Å². The van der Waals surface area contributed by atoms with Crippen LogP contribution in [0, 0.1) is 0 Å². The van der Waals surface area contributed by atoms with E-state index < -0.39 is 6.04 Å². The molecule has 2 atom stereocenters. The molecule has 1 heterocycles. The van der Waals surface area contributed by atoms with E-state index in [0.717, 1.165) is 12.0 Å². The van der Waals surface area contributed by atoms with Gasteiger partial charge in [0.05, 0.1) is 6.04 Å². The average Bonchev–Trinajstić information content (AvgIpc) is 2.86. The number of carbonyl (C=O) groups is 2. The fourth-order valence-corrected chi connectivity index (χ4v) is 2.56. The first-order valence-electron chi connectivity index (χ1n) is 6.91. The fraction of sp³-hybridized carbons (Fsp3) is 0.467. The number of rotatable bonds is 4. The van der Waals surface area contributed by atoms with Gasteiger partial charge >= 0.3 is 0 Å². The molecule has 2 amide bonds. The molecule has 0 saturated carbocycles. The van der Waals surface area contributed by atoms with Gasteiger partial charge in [-0.1, -0.05) is 30.3 Å². The number of nitrogens with two attached hydrogens (primary N) is 1. The van der Waals surface area contributed by atoms with Crippen molar-refractivity contribution < 1.29 is 9.59 Å². The smallest absolute Gasteiger partial charge is 0.239 e. The van der Waals surface area contributed by atoms with Crippen LogP contribution in [0.2, 0.25) is 0 Å². The van der Waals surface area contributed by atoms with Crippen molar-refractivity contribution >= 4 is 11.8 Å². The number of nitrogens with one attached hydrogen (secondary N) is 1. The number of amides is 2. The zero-order valence-corrected chi connectivity index (χ0v) is 11.7. The van der Waals surface area contributed by atoms with Crippen LogP contribution in [-0.4, -0.2) is 41.9 Å². The minimum absolute atomic E-state index is 0.0401. The summed E-state index contributed by atoms with van der Waals surface area (Å²) in [6, 6.07) is 9.29. The number of nitrogens with zero attached hydrogens (tertiary/aromatic N) is 1. The Labute approximate surface area is 119 Å². The highest BCUT2D eigenvalue weighted by Gasteiger charge is 2.29. The predicted molar refractivity (Wildman–Crippen MR) is 76.9 cm³/mol. The van der Waals surface area contributed by atoms with E-state index in [1.54, 1.807) is 4.90 Å². The molecule has 1 aromatic carbocycles. The standard InChI is InChI=1S/C15H21N3O2/c1-11(19)17-13-7-8-18(10-13)15(20)14(16)9-12-5-3-2-4-6-12/h2-6,13-14H,7-10,16H2,1H3,(H,17,19). The quantitative estimate of drug-likeness (QED) is 0.829. The maximum Gasteiger partial charge on any atom is 0.239 e. The van der Waals surface area contributed by atoms with E-state index in [9.17, 15) is 9.59 Å². The van der Waals surface area contributed by atoms with Gasteiger partial charge < -0.3 is 16.0 Å². The topological polar surface area (TPSA) is 75.4 Å². The summed E-state index contributed by atoms with van der Waals surface area (Å²) >= 11 is 0. The fourth-order valence-electron chi connectivity index (χ4n) is 2.56. The van der Waals surface area contributed by atoms with Crippen LogP contribution in [0.4, 0.5) is 0 Å². The van der Waals surface area contributed by atoms with Gasteiger partial charge in [0.25, 0.3) is 0 Å². The lowest BCUT2D eigenvalue weighted by molar-refractivity contribution is -0.131. The molecule has 1 aromatic rings. The van der Waals surface area contributed by atoms with Gasteiger partial charge in [0, 0.05) is 26.1 Å². The summed E-state index contributed by atoms with van der Waals surface area (Å²) in [6.07, 6.45) is 1.34. The van der Waals surface area contributed by atoms with Gasteiger partial charge in [0.2, 0.25) is 11.8 Å². The highest BCUT2D eigenvalue weighted by Crippen LogP contribution is 2.12. The van der Waals surface area contributed by atoms with Gasteiger partial charge in [0.1, 0.15) is 0 Å². The molecule has 0 bridgehead atoms. The van der Waals surface area contributed by atoms with E-state index in [-0.39, 0.29) is 17.9 Å². The molecule has 0 aromatic heterocycles. The normalized spacial score (nSPS) is 19.7. The predicted octanol–water partition coefficient (Wildman–Crippen LogP) is 0.293. The first-order chi connectivity index (χ1) is 9.56. The molecule has 0 radical (unpaired) electrons. The number of hydrogen-bond donors (Lipinski definition) is 2. The van der Waals surface area contributed by atoms with E-state index in [2.05, 4.69) is 5.32 Å². The van der Waals surface area contributed by atoms with Crippen LogP contribution in [0.5, 0.6) is 0 Å². The van der Waals surface area contributed by atoms with E-state index in [4.69, 9.17) is 5.73 Å². The van der Waals surface area contributed by atoms with E-state index in [1.165, 1.54) is 6.92 Å². The Morgan fingerprint density at radius 2 is 2.10 bits per heavy atom. The Morgan fingerprint density at radius 1 is 1.40 bits per heavy atom. The molecule has 0 spiro atoms. The molecule has 1 saturated heterocycles. The van der Waals surface area contributed by atoms with Gasteiger partial charge in [-0.05, 0) is 18.4 Å². The van der Waals surface area contributed by atoms with Crippen molar-refractivity contribution in [1.29, 1.82) is 0 Å². The Balaban J connectivity index is 1.87. The molecule has 1 aliphatic heterocycles. The van der Waals surface area contributed by atoms with Gasteiger partial charge in [0.15, 0.2) is 0 Å². The van der Waals surface area contributed by atoms with Crippen molar-refractivity contribution in [2.75, 3.05) is 13.1 Å². The SMILES string of the molecule is CC(=O)NC1CCN(C(=O)C(N)Cc2ccccc2)C1. The van der Waals surface area contributed by atoms with Crippen LogP contribution in [0.15, 0.2) is 30.3 Å². The summed E-state index contributed by atoms with van der Waals surface area (Å²) in [4.78, 5) is 25.0. The third kappa shape index (κ3) is 3.81. The zero-order valence-electron chi connectivity index (χ0n) is 11.7. The molecule has 108 valence electrons. The molecule has 20 heavy (non-hydrogen) atoms. The molecule has 5 heteroatoms. The second-order valence-electron chi connectivity index (χ2n) is 5.27. The van der Waals surface area contributed by atoms with Crippen LogP contribution in [-0.2, 0) is 16.0 Å². The number of benzene rings is 1. The van der Waals surface area contributed by atoms with Crippen LogP contribution in [0.1, 0.15) is 18.9 Å². The number of hydrogen-bond acceptors (Lipinski definition) is 3. The third-order valence-electron chi connectivity index (χ3n) is 3.52. The Bertz CT molecular complexity index is 475. The Hall–Kier alpha value is -1.88. The third-order valence-corrected chi connectivity index (χ3v) is 3.52. The lowest BCUT2D eigenvalue weighted by atomic mass is 10.1. The summed E-state index contributed by atoms with van der Waals surface area (Å²) in [5, 5.41) is 2.84. The van der Waals surface area contributed by atoms with Crippen molar-refractivity contribution in [2.45, 2.75) is 31.8 Å². The van der Waals surface area contributed by atoms with Crippen molar-refractivity contribution in [3.05, 3.63) is 35.9 Å². The maximum atomic E-state index is 12.3. The van der Waals surface area contributed by atoms with Crippen LogP contribution in [0.25, 0.3) is 0 Å². The van der Waals surface area contributed by atoms with Crippen molar-refractivity contribution in [1.82, 2.24) is 10.2 Å². The minimum atomic E-state index is -0.520. The lowest BCUT2D eigenvalue weighted by Gasteiger charge is -2.21. The molecule has 1 aliphatic rings. The lowest BCUT2D eigenvalue weighted by Crippen LogP contribution is -2.45. The minimum Gasteiger partial charge on any atom is -0.352 e. The first-order valence-corrected chi connectivity index (χ1v) is 6.91. The van der Waals surface area contributed by atoms with E-state index >= 15 is 0 Å². The summed E-state index contributed by atoms with van der Waals surface area (Å²) in [6.45, 7) is 2.71.